The van der Waals surface area contributed by atoms with Crippen LogP contribution >= 0.6 is 0 Å². The van der Waals surface area contributed by atoms with Gasteiger partial charge in [-0.15, -0.1) is 0 Å². The van der Waals surface area contributed by atoms with Crippen molar-refractivity contribution in [1.29, 1.82) is 0 Å². The first-order chi connectivity index (χ1) is 9.19. The Morgan fingerprint density at radius 1 is 1.20 bits per heavy atom. The van der Waals surface area contributed by atoms with Crippen molar-refractivity contribution < 1.29 is 22.7 Å². The summed E-state index contributed by atoms with van der Waals surface area (Å²) in [4.78, 5) is 25.8. The van der Waals surface area contributed by atoms with E-state index in [9.17, 15) is 18.0 Å². The highest BCUT2D eigenvalue weighted by Gasteiger charge is 2.38. The molecule has 6 nitrogen and oxygen atoms in total. The van der Waals surface area contributed by atoms with Gasteiger partial charge in [0.25, 0.3) is 0 Å². The van der Waals surface area contributed by atoms with Crippen LogP contribution in [0.2, 0.25) is 0 Å². The molecule has 1 rings (SSSR count). The van der Waals surface area contributed by atoms with E-state index in [1.54, 1.807) is 25.7 Å². The summed E-state index contributed by atoms with van der Waals surface area (Å²) in [7, 11) is -2.99. The van der Waals surface area contributed by atoms with Crippen molar-refractivity contribution in [2.75, 3.05) is 37.7 Å². The maximum atomic E-state index is 12.2. The van der Waals surface area contributed by atoms with Gasteiger partial charge in [-0.25, -0.2) is 8.42 Å². The number of ether oxygens (including phenoxy) is 1. The standard InChI is InChI=1S/C13H23NO5S/c1-4-19-12(16)13(2,3)11(15)10-14-6-5-8-20(17,18)9-7-14/h4-10H2,1-3H3. The number of hydrogen-bond acceptors (Lipinski definition) is 6. The predicted octanol–water partition coefficient (Wildman–Crippen LogP) is 0.265. The third kappa shape index (κ3) is 4.56. The van der Waals surface area contributed by atoms with Crippen LogP contribution < -0.4 is 0 Å². The number of carbonyl (C=O) groups is 2. The smallest absolute Gasteiger partial charge is 0.319 e. The van der Waals surface area contributed by atoms with Crippen molar-refractivity contribution in [1.82, 2.24) is 4.90 Å². The van der Waals surface area contributed by atoms with E-state index in [4.69, 9.17) is 4.74 Å². The molecule has 20 heavy (non-hydrogen) atoms. The van der Waals surface area contributed by atoms with E-state index in [2.05, 4.69) is 0 Å². The van der Waals surface area contributed by atoms with Crippen LogP contribution in [0, 0.1) is 5.41 Å². The second-order valence-electron chi connectivity index (χ2n) is 5.55. The predicted molar refractivity (Wildman–Crippen MR) is 75.1 cm³/mol. The molecule has 0 atom stereocenters. The minimum atomic E-state index is -2.99. The number of ketones is 1. The van der Waals surface area contributed by atoms with Gasteiger partial charge in [-0.1, -0.05) is 0 Å². The molecule has 1 fully saturated rings. The first kappa shape index (κ1) is 17.1. The van der Waals surface area contributed by atoms with E-state index < -0.39 is 21.2 Å². The zero-order valence-electron chi connectivity index (χ0n) is 12.3. The Morgan fingerprint density at radius 3 is 2.45 bits per heavy atom. The third-order valence-electron chi connectivity index (χ3n) is 3.50. The van der Waals surface area contributed by atoms with Crippen LogP contribution in [0.5, 0.6) is 0 Å². The van der Waals surface area contributed by atoms with Crippen molar-refractivity contribution in [2.24, 2.45) is 5.41 Å². The normalized spacial score (nSPS) is 20.1. The van der Waals surface area contributed by atoms with Gasteiger partial charge in [-0.05, 0) is 33.7 Å². The maximum Gasteiger partial charge on any atom is 0.319 e. The van der Waals surface area contributed by atoms with Gasteiger partial charge in [-0.2, -0.15) is 0 Å². The van der Waals surface area contributed by atoms with Gasteiger partial charge >= 0.3 is 5.97 Å². The minimum Gasteiger partial charge on any atom is -0.465 e. The summed E-state index contributed by atoms with van der Waals surface area (Å²) in [6.07, 6.45) is 0.523. The number of nitrogens with zero attached hydrogens (tertiary/aromatic N) is 1. The van der Waals surface area contributed by atoms with Gasteiger partial charge in [0.15, 0.2) is 15.6 Å². The topological polar surface area (TPSA) is 80.8 Å². The number of esters is 1. The molecular weight excluding hydrogens is 282 g/mol. The zero-order valence-corrected chi connectivity index (χ0v) is 13.2. The molecule has 0 bridgehead atoms. The zero-order chi connectivity index (χ0) is 15.4. The number of sulfone groups is 1. The Bertz CT molecular complexity index is 469. The lowest BCUT2D eigenvalue weighted by atomic mass is 9.88. The van der Waals surface area contributed by atoms with Crippen molar-refractivity contribution in [3.05, 3.63) is 0 Å². The highest BCUT2D eigenvalue weighted by molar-refractivity contribution is 7.91. The number of rotatable bonds is 5. The fourth-order valence-electron chi connectivity index (χ4n) is 1.97. The lowest BCUT2D eigenvalue weighted by Crippen LogP contribution is -2.43. The molecule has 116 valence electrons. The van der Waals surface area contributed by atoms with E-state index in [1.165, 1.54) is 0 Å². The molecule has 0 aromatic heterocycles. The molecule has 0 unspecified atom stereocenters. The summed E-state index contributed by atoms with van der Waals surface area (Å²) in [5.41, 5.74) is -1.19. The Morgan fingerprint density at radius 2 is 1.85 bits per heavy atom. The first-order valence-corrected chi connectivity index (χ1v) is 8.64. The minimum absolute atomic E-state index is 0.0696. The molecule has 1 heterocycles. The van der Waals surface area contributed by atoms with Crippen LogP contribution in [0.25, 0.3) is 0 Å². The molecule has 0 saturated carbocycles. The van der Waals surface area contributed by atoms with E-state index in [0.29, 0.717) is 19.5 Å². The summed E-state index contributed by atoms with van der Waals surface area (Å²) in [5.74, 6) is -0.540. The second-order valence-corrected chi connectivity index (χ2v) is 7.85. The quantitative estimate of drug-likeness (QED) is 0.535. The van der Waals surface area contributed by atoms with Gasteiger partial charge in [0.2, 0.25) is 0 Å². The maximum absolute atomic E-state index is 12.2. The fraction of sp³-hybridized carbons (Fsp3) is 0.846. The lowest BCUT2D eigenvalue weighted by Gasteiger charge is -2.25. The van der Waals surface area contributed by atoms with Crippen molar-refractivity contribution >= 4 is 21.6 Å². The molecule has 7 heteroatoms. The molecule has 1 aliphatic heterocycles. The van der Waals surface area contributed by atoms with E-state index in [-0.39, 0.29) is 30.4 Å². The molecule has 0 aromatic rings. The summed E-state index contributed by atoms with van der Waals surface area (Å²) in [6.45, 7) is 6.00. The number of hydrogen-bond donors (Lipinski definition) is 0. The Labute approximate surface area is 120 Å². The van der Waals surface area contributed by atoms with Gasteiger partial charge < -0.3 is 4.74 Å². The molecule has 0 spiro atoms. The molecule has 1 saturated heterocycles. The molecule has 1 aliphatic rings. The van der Waals surface area contributed by atoms with Gasteiger partial charge in [0, 0.05) is 6.54 Å². The Kier molecular flexibility index (Phi) is 5.70. The summed E-state index contributed by atoms with van der Waals surface area (Å²) >= 11 is 0. The SMILES string of the molecule is CCOC(=O)C(C)(C)C(=O)CN1CCCS(=O)(=O)CC1. The van der Waals surface area contributed by atoms with Crippen molar-refractivity contribution in [2.45, 2.75) is 27.2 Å². The van der Waals surface area contributed by atoms with Crippen LogP contribution in [0.15, 0.2) is 0 Å². The Hall–Kier alpha value is -0.950. The second kappa shape index (κ2) is 6.67. The molecule has 0 aliphatic carbocycles. The van der Waals surface area contributed by atoms with E-state index in [1.807, 2.05) is 0 Å². The molecule has 0 amide bonds. The average molecular weight is 305 g/mol. The largest absolute Gasteiger partial charge is 0.465 e. The van der Waals surface area contributed by atoms with Crippen LogP contribution in [0.4, 0.5) is 0 Å². The number of Topliss-reactive ketones (excluding diaryl/α,β-unsaturated/α-hetero) is 1. The van der Waals surface area contributed by atoms with E-state index in [0.717, 1.165) is 0 Å². The Balaban J connectivity index is 2.63. The van der Waals surface area contributed by atoms with Crippen molar-refractivity contribution in [3.8, 4) is 0 Å². The van der Waals surface area contributed by atoms with Crippen LogP contribution in [0.1, 0.15) is 27.2 Å². The first-order valence-electron chi connectivity index (χ1n) is 6.82. The molecule has 0 N–H and O–H groups in total. The number of carbonyl (C=O) groups excluding carboxylic acids is 2. The van der Waals surface area contributed by atoms with E-state index >= 15 is 0 Å². The van der Waals surface area contributed by atoms with Crippen LogP contribution in [-0.4, -0.2) is 62.8 Å². The molecule has 0 radical (unpaired) electrons. The summed E-state index contributed by atoms with van der Waals surface area (Å²) in [5, 5.41) is 0. The monoisotopic (exact) mass is 305 g/mol. The van der Waals surface area contributed by atoms with Gasteiger partial charge in [-0.3, -0.25) is 14.5 Å². The van der Waals surface area contributed by atoms with Crippen LogP contribution in [-0.2, 0) is 24.2 Å². The fourth-order valence-corrected chi connectivity index (χ4v) is 3.28. The van der Waals surface area contributed by atoms with Crippen molar-refractivity contribution in [3.63, 3.8) is 0 Å². The van der Waals surface area contributed by atoms with Crippen LogP contribution in [0.3, 0.4) is 0 Å². The third-order valence-corrected chi connectivity index (χ3v) is 5.21. The van der Waals surface area contributed by atoms with Gasteiger partial charge in [0.1, 0.15) is 5.41 Å². The van der Waals surface area contributed by atoms with Gasteiger partial charge in [0.05, 0.1) is 24.7 Å². The summed E-state index contributed by atoms with van der Waals surface area (Å²) in [6, 6.07) is 0. The average Bonchev–Trinajstić information content (AvgIpc) is 2.51. The highest BCUT2D eigenvalue weighted by Crippen LogP contribution is 2.20. The highest BCUT2D eigenvalue weighted by atomic mass is 32.2. The summed E-state index contributed by atoms with van der Waals surface area (Å²) < 4.78 is 27.9. The molecule has 0 aromatic carbocycles. The lowest BCUT2D eigenvalue weighted by molar-refractivity contribution is -0.158. The molecular formula is C13H23NO5S.